The van der Waals surface area contributed by atoms with Crippen molar-refractivity contribution in [3.63, 3.8) is 0 Å². The quantitative estimate of drug-likeness (QED) is 0.726. The summed E-state index contributed by atoms with van der Waals surface area (Å²) in [6.45, 7) is 6.90. The molecule has 1 aliphatic carbocycles. The van der Waals surface area contributed by atoms with E-state index in [0.29, 0.717) is 5.41 Å². The zero-order valence-corrected chi connectivity index (χ0v) is 9.75. The second-order valence-electron chi connectivity index (χ2n) is 5.02. The van der Waals surface area contributed by atoms with Crippen LogP contribution in [0.3, 0.4) is 0 Å². The molecule has 2 rings (SSSR count). The Labute approximate surface area is 92.1 Å². The third-order valence-corrected chi connectivity index (χ3v) is 3.51. The Hall–Kier alpha value is -0.760. The molecule has 15 heavy (non-hydrogen) atoms. The summed E-state index contributed by atoms with van der Waals surface area (Å²) in [5, 5.41) is 3.50. The first-order valence-electron chi connectivity index (χ1n) is 5.98. The number of nitrogens with one attached hydrogen (secondary N) is 1. The van der Waals surface area contributed by atoms with Crippen molar-refractivity contribution in [2.24, 2.45) is 11.3 Å². The Balaban J connectivity index is 1.75. The molecule has 2 heteroatoms. The van der Waals surface area contributed by atoms with E-state index < -0.39 is 0 Å². The normalized spacial score (nSPS) is 29.3. The van der Waals surface area contributed by atoms with E-state index in [4.69, 9.17) is 4.42 Å². The minimum absolute atomic E-state index is 0.485. The lowest BCUT2D eigenvalue weighted by atomic mass is 10.0. The average molecular weight is 207 g/mol. The number of rotatable bonds is 6. The largest absolute Gasteiger partial charge is 0.469 e. The molecule has 0 spiro atoms. The molecule has 1 heterocycles. The van der Waals surface area contributed by atoms with Crippen LogP contribution in [0, 0.1) is 11.3 Å². The van der Waals surface area contributed by atoms with Crippen LogP contribution in [0.2, 0.25) is 0 Å². The van der Waals surface area contributed by atoms with Gasteiger partial charge in [0.05, 0.1) is 6.26 Å². The minimum Gasteiger partial charge on any atom is -0.469 e. The molecule has 0 aromatic carbocycles. The zero-order chi connectivity index (χ0) is 10.7. The Morgan fingerprint density at radius 1 is 1.60 bits per heavy atom. The van der Waals surface area contributed by atoms with E-state index in [1.165, 1.54) is 19.4 Å². The number of furan rings is 1. The lowest BCUT2D eigenvalue weighted by molar-refractivity contribution is 0.414. The molecule has 84 valence electrons. The van der Waals surface area contributed by atoms with E-state index in [2.05, 4.69) is 25.2 Å². The molecule has 0 amide bonds. The maximum Gasteiger partial charge on any atom is 0.104 e. The number of hydrogen-bond acceptors (Lipinski definition) is 2. The predicted molar refractivity (Wildman–Crippen MR) is 61.8 cm³/mol. The molecule has 0 radical (unpaired) electrons. The van der Waals surface area contributed by atoms with Crippen molar-refractivity contribution >= 4 is 0 Å². The lowest BCUT2D eigenvalue weighted by Gasteiger charge is -2.09. The fraction of sp³-hybridized carbons (Fsp3) is 0.692. The van der Waals surface area contributed by atoms with Crippen molar-refractivity contribution in [1.82, 2.24) is 5.32 Å². The molecule has 2 atom stereocenters. The SMILES string of the molecule is CCCNCC1CC1(C)Cc1ccco1. The van der Waals surface area contributed by atoms with E-state index in [9.17, 15) is 0 Å². The molecular weight excluding hydrogens is 186 g/mol. The Morgan fingerprint density at radius 2 is 2.47 bits per heavy atom. The molecule has 1 aromatic rings. The van der Waals surface area contributed by atoms with Crippen LogP contribution < -0.4 is 5.32 Å². The Kier molecular flexibility index (Phi) is 3.15. The first-order valence-corrected chi connectivity index (χ1v) is 5.98. The van der Waals surface area contributed by atoms with Crippen molar-refractivity contribution in [3.05, 3.63) is 24.2 Å². The van der Waals surface area contributed by atoms with Crippen molar-refractivity contribution in [1.29, 1.82) is 0 Å². The molecule has 0 saturated heterocycles. The molecule has 1 N–H and O–H groups in total. The molecule has 1 aliphatic rings. The molecule has 0 aliphatic heterocycles. The van der Waals surface area contributed by atoms with Gasteiger partial charge in [0, 0.05) is 6.42 Å². The first-order chi connectivity index (χ1) is 7.24. The second-order valence-corrected chi connectivity index (χ2v) is 5.02. The van der Waals surface area contributed by atoms with Gasteiger partial charge in [-0.3, -0.25) is 0 Å². The van der Waals surface area contributed by atoms with Gasteiger partial charge in [0.1, 0.15) is 5.76 Å². The van der Waals surface area contributed by atoms with Gasteiger partial charge in [-0.25, -0.2) is 0 Å². The van der Waals surface area contributed by atoms with Crippen LogP contribution in [0.5, 0.6) is 0 Å². The van der Waals surface area contributed by atoms with Crippen LogP contribution in [0.15, 0.2) is 22.8 Å². The molecule has 1 saturated carbocycles. The summed E-state index contributed by atoms with van der Waals surface area (Å²) in [6.07, 6.45) is 5.43. The zero-order valence-electron chi connectivity index (χ0n) is 9.75. The monoisotopic (exact) mass is 207 g/mol. The third kappa shape index (κ3) is 2.63. The summed E-state index contributed by atoms with van der Waals surface area (Å²) in [5.41, 5.74) is 0.485. The van der Waals surface area contributed by atoms with E-state index in [1.54, 1.807) is 6.26 Å². The smallest absolute Gasteiger partial charge is 0.104 e. The van der Waals surface area contributed by atoms with Gasteiger partial charge in [0.25, 0.3) is 0 Å². The highest BCUT2D eigenvalue weighted by molar-refractivity contribution is 5.09. The van der Waals surface area contributed by atoms with Crippen LogP contribution in [0.25, 0.3) is 0 Å². The first kappa shape index (κ1) is 10.7. The Morgan fingerprint density at radius 3 is 3.13 bits per heavy atom. The van der Waals surface area contributed by atoms with Crippen LogP contribution in [-0.4, -0.2) is 13.1 Å². The van der Waals surface area contributed by atoms with E-state index >= 15 is 0 Å². The standard InChI is InChI=1S/C13H21NO/c1-3-6-14-10-11-8-13(11,2)9-12-5-4-7-15-12/h4-5,7,11,14H,3,6,8-10H2,1-2H3. The van der Waals surface area contributed by atoms with Crippen molar-refractivity contribution < 1.29 is 4.42 Å². The Bertz CT molecular complexity index is 293. The summed E-state index contributed by atoms with van der Waals surface area (Å²) in [4.78, 5) is 0. The van der Waals surface area contributed by atoms with Crippen LogP contribution in [0.4, 0.5) is 0 Å². The lowest BCUT2D eigenvalue weighted by Crippen LogP contribution is -2.20. The van der Waals surface area contributed by atoms with E-state index in [0.717, 1.165) is 24.6 Å². The molecule has 2 nitrogen and oxygen atoms in total. The predicted octanol–water partition coefficient (Wildman–Crippen LogP) is 2.85. The average Bonchev–Trinajstić information content (AvgIpc) is 2.65. The third-order valence-electron chi connectivity index (χ3n) is 3.51. The highest BCUT2D eigenvalue weighted by Crippen LogP contribution is 2.53. The maximum atomic E-state index is 5.40. The number of hydrogen-bond donors (Lipinski definition) is 1. The van der Waals surface area contributed by atoms with E-state index in [-0.39, 0.29) is 0 Å². The molecule has 1 fully saturated rings. The van der Waals surface area contributed by atoms with Crippen LogP contribution in [-0.2, 0) is 6.42 Å². The van der Waals surface area contributed by atoms with Crippen molar-refractivity contribution in [2.45, 2.75) is 33.1 Å². The van der Waals surface area contributed by atoms with Gasteiger partial charge in [-0.2, -0.15) is 0 Å². The van der Waals surface area contributed by atoms with Gasteiger partial charge in [-0.1, -0.05) is 13.8 Å². The van der Waals surface area contributed by atoms with Gasteiger partial charge in [-0.15, -0.1) is 0 Å². The van der Waals surface area contributed by atoms with E-state index in [1.807, 2.05) is 6.07 Å². The van der Waals surface area contributed by atoms with Gasteiger partial charge >= 0.3 is 0 Å². The fourth-order valence-electron chi connectivity index (χ4n) is 2.30. The van der Waals surface area contributed by atoms with Crippen LogP contribution >= 0.6 is 0 Å². The summed E-state index contributed by atoms with van der Waals surface area (Å²) in [5.74, 6) is 1.98. The summed E-state index contributed by atoms with van der Waals surface area (Å²) >= 11 is 0. The summed E-state index contributed by atoms with van der Waals surface area (Å²) in [7, 11) is 0. The highest BCUT2D eigenvalue weighted by atomic mass is 16.3. The van der Waals surface area contributed by atoms with Gasteiger partial charge in [0.2, 0.25) is 0 Å². The molecule has 2 unspecified atom stereocenters. The maximum absolute atomic E-state index is 5.40. The summed E-state index contributed by atoms with van der Waals surface area (Å²) in [6, 6.07) is 4.06. The molecule has 1 aromatic heterocycles. The van der Waals surface area contributed by atoms with Gasteiger partial charge in [-0.05, 0) is 49.4 Å². The van der Waals surface area contributed by atoms with Crippen molar-refractivity contribution in [3.8, 4) is 0 Å². The topological polar surface area (TPSA) is 25.2 Å². The summed E-state index contributed by atoms with van der Waals surface area (Å²) < 4.78 is 5.40. The van der Waals surface area contributed by atoms with Gasteiger partial charge < -0.3 is 9.73 Å². The minimum atomic E-state index is 0.485. The highest BCUT2D eigenvalue weighted by Gasteiger charge is 2.49. The van der Waals surface area contributed by atoms with Gasteiger partial charge in [0.15, 0.2) is 0 Å². The second kappa shape index (κ2) is 4.40. The molecular formula is C13H21NO. The fourth-order valence-corrected chi connectivity index (χ4v) is 2.30. The van der Waals surface area contributed by atoms with Crippen molar-refractivity contribution in [2.75, 3.05) is 13.1 Å². The molecule has 0 bridgehead atoms. The van der Waals surface area contributed by atoms with Crippen LogP contribution in [0.1, 0.15) is 32.4 Å².